The van der Waals surface area contributed by atoms with Crippen LogP contribution >= 0.6 is 0 Å². The van der Waals surface area contributed by atoms with Gasteiger partial charge in [-0.05, 0) is 38.2 Å². The fraction of sp³-hybridized carbons (Fsp3) is 0.278. The first kappa shape index (κ1) is 15.4. The van der Waals surface area contributed by atoms with Crippen LogP contribution < -0.4 is 0 Å². The van der Waals surface area contributed by atoms with Crippen molar-refractivity contribution in [3.8, 4) is 11.1 Å². The molecule has 0 aliphatic carbocycles. The smallest absolute Gasteiger partial charge is 0.132 e. The Balaban J connectivity index is 2.30. The van der Waals surface area contributed by atoms with Crippen molar-refractivity contribution in [3.05, 3.63) is 59.4 Å². The molecule has 21 heavy (non-hydrogen) atoms. The summed E-state index contributed by atoms with van der Waals surface area (Å²) in [6.45, 7) is 3.55. The number of likely N-dealkylation sites (N-methyl/N-ethyl adjacent to an activating group) is 1. The topological polar surface area (TPSA) is 15.6 Å². The molecule has 0 bridgehead atoms. The summed E-state index contributed by atoms with van der Waals surface area (Å²) in [5.41, 5.74) is 3.63. The molecular formula is C18H21FN2. The Labute approximate surface area is 125 Å². The van der Waals surface area contributed by atoms with Gasteiger partial charge >= 0.3 is 0 Å². The molecule has 0 atom stereocenters. The highest BCUT2D eigenvalue weighted by molar-refractivity contribution is 5.90. The zero-order chi connectivity index (χ0) is 15.2. The summed E-state index contributed by atoms with van der Waals surface area (Å²) in [5, 5.41) is 0. The van der Waals surface area contributed by atoms with E-state index in [-0.39, 0.29) is 5.82 Å². The molecule has 0 heterocycles. The molecule has 0 spiro atoms. The van der Waals surface area contributed by atoms with E-state index >= 15 is 0 Å². The first-order valence-corrected chi connectivity index (χ1v) is 7.08. The van der Waals surface area contributed by atoms with Crippen LogP contribution in [0.15, 0.2) is 47.5 Å². The first-order chi connectivity index (χ1) is 10.1. The third-order valence-corrected chi connectivity index (χ3v) is 3.31. The van der Waals surface area contributed by atoms with Crippen LogP contribution in [-0.4, -0.2) is 38.3 Å². The van der Waals surface area contributed by atoms with Crippen LogP contribution in [0.3, 0.4) is 0 Å². The second kappa shape index (κ2) is 7.14. The maximum atomic E-state index is 14.1. The lowest BCUT2D eigenvalue weighted by molar-refractivity contribution is 0.421. The van der Waals surface area contributed by atoms with Gasteiger partial charge in [-0.1, -0.05) is 42.0 Å². The number of rotatable bonds is 5. The highest BCUT2D eigenvalue weighted by Crippen LogP contribution is 2.25. The molecule has 3 heteroatoms. The second-order valence-electron chi connectivity index (χ2n) is 5.41. The summed E-state index contributed by atoms with van der Waals surface area (Å²) in [5.74, 6) is -0.235. The molecule has 0 fully saturated rings. The van der Waals surface area contributed by atoms with Crippen LogP contribution in [0.4, 0.5) is 4.39 Å². The quantitative estimate of drug-likeness (QED) is 0.763. The van der Waals surface area contributed by atoms with E-state index in [0.29, 0.717) is 12.1 Å². The molecule has 0 unspecified atom stereocenters. The lowest BCUT2D eigenvalue weighted by Gasteiger charge is -2.09. The highest BCUT2D eigenvalue weighted by Gasteiger charge is 2.08. The zero-order valence-electron chi connectivity index (χ0n) is 12.8. The van der Waals surface area contributed by atoms with Crippen molar-refractivity contribution in [2.24, 2.45) is 4.99 Å². The Kier molecular flexibility index (Phi) is 5.23. The molecule has 0 saturated carbocycles. The van der Waals surface area contributed by atoms with Gasteiger partial charge in [0.1, 0.15) is 5.82 Å². The highest BCUT2D eigenvalue weighted by atomic mass is 19.1. The molecule has 0 aromatic heterocycles. The molecule has 0 aliphatic heterocycles. The molecule has 2 aromatic carbocycles. The average molecular weight is 284 g/mol. The van der Waals surface area contributed by atoms with Gasteiger partial charge in [-0.25, -0.2) is 4.39 Å². The van der Waals surface area contributed by atoms with Gasteiger partial charge in [0, 0.05) is 18.3 Å². The maximum absolute atomic E-state index is 14.1. The van der Waals surface area contributed by atoms with Gasteiger partial charge in [0.15, 0.2) is 0 Å². The third kappa shape index (κ3) is 4.23. The number of nitrogens with zero attached hydrogens (tertiary/aromatic N) is 2. The standard InChI is InChI=1S/C18H21FN2/c1-14-7-9-15(10-8-14)16-5-4-6-18(19)17(16)13-20-11-12-21(2)3/h4-10,13H,11-12H2,1-3H3. The van der Waals surface area contributed by atoms with E-state index in [9.17, 15) is 4.39 Å². The van der Waals surface area contributed by atoms with Crippen molar-refractivity contribution >= 4 is 6.21 Å². The second-order valence-corrected chi connectivity index (χ2v) is 5.41. The Morgan fingerprint density at radius 1 is 1.10 bits per heavy atom. The maximum Gasteiger partial charge on any atom is 0.132 e. The zero-order valence-corrected chi connectivity index (χ0v) is 12.8. The van der Waals surface area contributed by atoms with Gasteiger partial charge in [-0.2, -0.15) is 0 Å². The molecule has 0 amide bonds. The normalized spacial score (nSPS) is 11.5. The summed E-state index contributed by atoms with van der Waals surface area (Å²) in [6.07, 6.45) is 1.65. The van der Waals surface area contributed by atoms with Crippen molar-refractivity contribution in [2.75, 3.05) is 27.2 Å². The van der Waals surface area contributed by atoms with Crippen molar-refractivity contribution in [1.29, 1.82) is 0 Å². The van der Waals surface area contributed by atoms with Gasteiger partial charge < -0.3 is 4.90 Å². The monoisotopic (exact) mass is 284 g/mol. The predicted molar refractivity (Wildman–Crippen MR) is 87.6 cm³/mol. The molecule has 2 rings (SSSR count). The SMILES string of the molecule is Cc1ccc(-c2cccc(F)c2C=NCCN(C)C)cc1. The Bertz CT molecular complexity index is 616. The summed E-state index contributed by atoms with van der Waals surface area (Å²) < 4.78 is 14.1. The fourth-order valence-electron chi connectivity index (χ4n) is 2.07. The van der Waals surface area contributed by atoms with Gasteiger partial charge in [0.25, 0.3) is 0 Å². The lowest BCUT2D eigenvalue weighted by Crippen LogP contribution is -2.15. The van der Waals surface area contributed by atoms with Crippen molar-refractivity contribution in [2.45, 2.75) is 6.92 Å². The van der Waals surface area contributed by atoms with Crippen LogP contribution in [0.25, 0.3) is 11.1 Å². The van der Waals surface area contributed by atoms with Crippen LogP contribution in [-0.2, 0) is 0 Å². The number of benzene rings is 2. The first-order valence-electron chi connectivity index (χ1n) is 7.08. The van der Waals surface area contributed by atoms with Crippen LogP contribution in [0, 0.1) is 12.7 Å². The summed E-state index contributed by atoms with van der Waals surface area (Å²) >= 11 is 0. The minimum atomic E-state index is -0.235. The Morgan fingerprint density at radius 3 is 2.48 bits per heavy atom. The van der Waals surface area contributed by atoms with Crippen molar-refractivity contribution < 1.29 is 4.39 Å². The van der Waals surface area contributed by atoms with Gasteiger partial charge in [-0.3, -0.25) is 4.99 Å². The summed E-state index contributed by atoms with van der Waals surface area (Å²) in [7, 11) is 3.99. The van der Waals surface area contributed by atoms with Crippen molar-refractivity contribution in [3.63, 3.8) is 0 Å². The van der Waals surface area contributed by atoms with E-state index in [4.69, 9.17) is 0 Å². The average Bonchev–Trinajstić information content (AvgIpc) is 2.45. The summed E-state index contributed by atoms with van der Waals surface area (Å²) in [4.78, 5) is 6.39. The van der Waals surface area contributed by atoms with E-state index in [1.807, 2.05) is 51.4 Å². The molecule has 110 valence electrons. The van der Waals surface area contributed by atoms with Gasteiger partial charge in [0.2, 0.25) is 0 Å². The lowest BCUT2D eigenvalue weighted by atomic mass is 9.99. The molecule has 2 aromatic rings. The van der Waals surface area contributed by atoms with E-state index in [1.54, 1.807) is 12.3 Å². The molecule has 0 N–H and O–H groups in total. The molecule has 0 radical (unpaired) electrons. The predicted octanol–water partition coefficient (Wildman–Crippen LogP) is 3.78. The molecule has 0 saturated heterocycles. The van der Waals surface area contributed by atoms with Crippen LogP contribution in [0.5, 0.6) is 0 Å². The van der Waals surface area contributed by atoms with Gasteiger partial charge in [-0.15, -0.1) is 0 Å². The molecule has 2 nitrogen and oxygen atoms in total. The fourth-order valence-corrected chi connectivity index (χ4v) is 2.07. The third-order valence-electron chi connectivity index (χ3n) is 3.31. The Morgan fingerprint density at radius 2 is 1.81 bits per heavy atom. The minimum Gasteiger partial charge on any atom is -0.308 e. The number of halogens is 1. The molecular weight excluding hydrogens is 263 g/mol. The number of aryl methyl sites for hydroxylation is 1. The number of aliphatic imine (C=N–C) groups is 1. The van der Waals surface area contributed by atoms with E-state index in [1.165, 1.54) is 11.6 Å². The van der Waals surface area contributed by atoms with E-state index in [0.717, 1.165) is 17.7 Å². The van der Waals surface area contributed by atoms with Crippen LogP contribution in [0.2, 0.25) is 0 Å². The van der Waals surface area contributed by atoms with E-state index < -0.39 is 0 Å². The Hall–Kier alpha value is -2.00. The van der Waals surface area contributed by atoms with Gasteiger partial charge in [0.05, 0.1) is 6.54 Å². The number of hydrogen-bond donors (Lipinski definition) is 0. The largest absolute Gasteiger partial charge is 0.308 e. The number of hydrogen-bond acceptors (Lipinski definition) is 2. The minimum absolute atomic E-state index is 0.235. The van der Waals surface area contributed by atoms with E-state index in [2.05, 4.69) is 9.89 Å². The summed E-state index contributed by atoms with van der Waals surface area (Å²) in [6, 6.07) is 13.2. The molecule has 0 aliphatic rings. The van der Waals surface area contributed by atoms with Crippen molar-refractivity contribution in [1.82, 2.24) is 4.90 Å². The van der Waals surface area contributed by atoms with Crippen LogP contribution in [0.1, 0.15) is 11.1 Å².